The second kappa shape index (κ2) is 10.4. The number of hydrogen-bond donors (Lipinski definition) is 1. The van der Waals surface area contributed by atoms with E-state index in [1.807, 2.05) is 0 Å². The van der Waals surface area contributed by atoms with Gasteiger partial charge in [0.15, 0.2) is 0 Å². The van der Waals surface area contributed by atoms with E-state index in [4.69, 9.17) is 9.47 Å². The van der Waals surface area contributed by atoms with Gasteiger partial charge in [-0.15, -0.1) is 0 Å². The molecule has 92 valence electrons. The molecule has 0 saturated carbocycles. The topological polar surface area (TPSA) is 30.5 Å². The van der Waals surface area contributed by atoms with Gasteiger partial charge in [-0.3, -0.25) is 0 Å². The standard InChI is InChI=1S/C12H27NO2/c1-5-7-13-12(11(2)3)10-15-9-6-8-14-4/h11-13H,5-10H2,1-4H3. The summed E-state index contributed by atoms with van der Waals surface area (Å²) < 4.78 is 10.6. The summed E-state index contributed by atoms with van der Waals surface area (Å²) in [6.45, 7) is 10.1. The van der Waals surface area contributed by atoms with Crippen LogP contribution in [0.2, 0.25) is 0 Å². The molecule has 1 unspecified atom stereocenters. The van der Waals surface area contributed by atoms with Crippen LogP contribution in [0.4, 0.5) is 0 Å². The first-order chi connectivity index (χ1) is 7.22. The maximum atomic E-state index is 5.61. The van der Waals surface area contributed by atoms with E-state index in [0.29, 0.717) is 12.0 Å². The fourth-order valence-corrected chi connectivity index (χ4v) is 1.33. The average molecular weight is 217 g/mol. The zero-order valence-corrected chi connectivity index (χ0v) is 10.7. The monoisotopic (exact) mass is 217 g/mol. The van der Waals surface area contributed by atoms with Crippen LogP contribution in [0.3, 0.4) is 0 Å². The summed E-state index contributed by atoms with van der Waals surface area (Å²) in [6, 6.07) is 0.479. The second-order valence-corrected chi connectivity index (χ2v) is 4.23. The number of methoxy groups -OCH3 is 1. The molecule has 1 N–H and O–H groups in total. The van der Waals surface area contributed by atoms with Gasteiger partial charge in [0.1, 0.15) is 0 Å². The molecule has 0 heterocycles. The van der Waals surface area contributed by atoms with Gasteiger partial charge in [-0.05, 0) is 25.3 Å². The molecule has 0 aliphatic heterocycles. The summed E-state index contributed by atoms with van der Waals surface area (Å²) in [5, 5.41) is 3.50. The van der Waals surface area contributed by atoms with Crippen LogP contribution in [0, 0.1) is 5.92 Å². The number of nitrogens with one attached hydrogen (secondary N) is 1. The van der Waals surface area contributed by atoms with Crippen LogP contribution >= 0.6 is 0 Å². The van der Waals surface area contributed by atoms with E-state index in [-0.39, 0.29) is 0 Å². The normalized spacial score (nSPS) is 13.4. The van der Waals surface area contributed by atoms with E-state index in [9.17, 15) is 0 Å². The lowest BCUT2D eigenvalue weighted by atomic mass is 10.1. The lowest BCUT2D eigenvalue weighted by Crippen LogP contribution is -2.38. The Kier molecular flexibility index (Phi) is 10.3. The van der Waals surface area contributed by atoms with Gasteiger partial charge in [-0.2, -0.15) is 0 Å². The van der Waals surface area contributed by atoms with Crippen molar-refractivity contribution >= 4 is 0 Å². The smallest absolute Gasteiger partial charge is 0.0622 e. The Morgan fingerprint density at radius 3 is 2.47 bits per heavy atom. The molecule has 0 aromatic carbocycles. The molecule has 0 aliphatic carbocycles. The maximum absolute atomic E-state index is 5.61. The van der Waals surface area contributed by atoms with Crippen LogP contribution in [-0.4, -0.2) is 39.5 Å². The third-order valence-corrected chi connectivity index (χ3v) is 2.40. The van der Waals surface area contributed by atoms with Crippen molar-refractivity contribution in [3.05, 3.63) is 0 Å². The number of hydrogen-bond acceptors (Lipinski definition) is 3. The molecular weight excluding hydrogens is 190 g/mol. The first-order valence-electron chi connectivity index (χ1n) is 6.02. The Morgan fingerprint density at radius 2 is 1.93 bits per heavy atom. The van der Waals surface area contributed by atoms with Gasteiger partial charge < -0.3 is 14.8 Å². The highest BCUT2D eigenvalue weighted by molar-refractivity contribution is 4.69. The van der Waals surface area contributed by atoms with Gasteiger partial charge in [0.05, 0.1) is 6.61 Å². The minimum atomic E-state index is 0.479. The van der Waals surface area contributed by atoms with Gasteiger partial charge in [0.2, 0.25) is 0 Å². The molecule has 0 fully saturated rings. The molecule has 0 amide bonds. The molecule has 0 spiro atoms. The van der Waals surface area contributed by atoms with Crippen molar-refractivity contribution in [2.45, 2.75) is 39.7 Å². The second-order valence-electron chi connectivity index (χ2n) is 4.23. The summed E-state index contributed by atoms with van der Waals surface area (Å²) in [4.78, 5) is 0. The van der Waals surface area contributed by atoms with E-state index in [0.717, 1.165) is 32.8 Å². The van der Waals surface area contributed by atoms with Gasteiger partial charge in [-0.25, -0.2) is 0 Å². The largest absolute Gasteiger partial charge is 0.385 e. The zero-order valence-electron chi connectivity index (χ0n) is 10.7. The quantitative estimate of drug-likeness (QED) is 0.568. The van der Waals surface area contributed by atoms with E-state index < -0.39 is 0 Å². The predicted octanol–water partition coefficient (Wildman–Crippen LogP) is 2.06. The van der Waals surface area contributed by atoms with Crippen LogP contribution in [0.1, 0.15) is 33.6 Å². The van der Waals surface area contributed by atoms with Crippen LogP contribution in [0.15, 0.2) is 0 Å². The molecule has 0 rings (SSSR count). The first kappa shape index (κ1) is 14.9. The third-order valence-electron chi connectivity index (χ3n) is 2.40. The van der Waals surface area contributed by atoms with Crippen LogP contribution in [0.5, 0.6) is 0 Å². The van der Waals surface area contributed by atoms with Gasteiger partial charge in [0, 0.05) is 26.4 Å². The van der Waals surface area contributed by atoms with E-state index in [2.05, 4.69) is 26.1 Å². The van der Waals surface area contributed by atoms with Crippen molar-refractivity contribution in [3.63, 3.8) is 0 Å². The van der Waals surface area contributed by atoms with Gasteiger partial charge in [-0.1, -0.05) is 20.8 Å². The molecule has 15 heavy (non-hydrogen) atoms. The summed E-state index contributed by atoms with van der Waals surface area (Å²) in [7, 11) is 1.72. The van der Waals surface area contributed by atoms with Gasteiger partial charge >= 0.3 is 0 Å². The van der Waals surface area contributed by atoms with E-state index >= 15 is 0 Å². The van der Waals surface area contributed by atoms with Crippen LogP contribution in [-0.2, 0) is 9.47 Å². The molecule has 0 aromatic rings. The maximum Gasteiger partial charge on any atom is 0.0622 e. The highest BCUT2D eigenvalue weighted by Crippen LogP contribution is 2.02. The fraction of sp³-hybridized carbons (Fsp3) is 1.00. The lowest BCUT2D eigenvalue weighted by molar-refractivity contribution is 0.0783. The van der Waals surface area contributed by atoms with Crippen LogP contribution in [0.25, 0.3) is 0 Å². The molecule has 3 nitrogen and oxygen atoms in total. The SMILES string of the molecule is CCCNC(COCCCOC)C(C)C. The highest BCUT2D eigenvalue weighted by Gasteiger charge is 2.11. The third kappa shape index (κ3) is 8.85. The molecular formula is C12H27NO2. The Labute approximate surface area is 94.5 Å². The van der Waals surface area contributed by atoms with Crippen molar-refractivity contribution in [2.24, 2.45) is 5.92 Å². The Morgan fingerprint density at radius 1 is 1.20 bits per heavy atom. The van der Waals surface area contributed by atoms with Crippen molar-refractivity contribution in [1.82, 2.24) is 5.32 Å². The molecule has 0 saturated heterocycles. The lowest BCUT2D eigenvalue weighted by Gasteiger charge is -2.22. The Hall–Kier alpha value is -0.120. The number of ether oxygens (including phenoxy) is 2. The van der Waals surface area contributed by atoms with Crippen molar-refractivity contribution in [3.8, 4) is 0 Å². The minimum Gasteiger partial charge on any atom is -0.385 e. The molecule has 0 radical (unpaired) electrons. The molecule has 0 aliphatic rings. The van der Waals surface area contributed by atoms with Crippen molar-refractivity contribution < 1.29 is 9.47 Å². The zero-order chi connectivity index (χ0) is 11.5. The van der Waals surface area contributed by atoms with E-state index in [1.165, 1.54) is 6.42 Å². The summed E-state index contributed by atoms with van der Waals surface area (Å²) in [5.41, 5.74) is 0. The molecule has 3 heteroatoms. The first-order valence-corrected chi connectivity index (χ1v) is 6.02. The summed E-state index contributed by atoms with van der Waals surface area (Å²) >= 11 is 0. The number of rotatable bonds is 10. The minimum absolute atomic E-state index is 0.479. The molecule has 0 aromatic heterocycles. The van der Waals surface area contributed by atoms with Gasteiger partial charge in [0.25, 0.3) is 0 Å². The summed E-state index contributed by atoms with van der Waals surface area (Å²) in [5.74, 6) is 0.624. The van der Waals surface area contributed by atoms with E-state index in [1.54, 1.807) is 7.11 Å². The van der Waals surface area contributed by atoms with Crippen LogP contribution < -0.4 is 5.32 Å². The highest BCUT2D eigenvalue weighted by atomic mass is 16.5. The van der Waals surface area contributed by atoms with Crippen molar-refractivity contribution in [2.75, 3.05) is 33.5 Å². The molecule has 1 atom stereocenters. The summed E-state index contributed by atoms with van der Waals surface area (Å²) in [6.07, 6.45) is 2.15. The predicted molar refractivity (Wildman–Crippen MR) is 64.2 cm³/mol. The van der Waals surface area contributed by atoms with Crippen molar-refractivity contribution in [1.29, 1.82) is 0 Å². The molecule has 0 bridgehead atoms. The Bertz CT molecular complexity index is 129. The Balaban J connectivity index is 3.48. The average Bonchev–Trinajstić information content (AvgIpc) is 2.21. The fourth-order valence-electron chi connectivity index (χ4n) is 1.33.